The maximum atomic E-state index is 12.6. The molecule has 0 spiro atoms. The van der Waals surface area contributed by atoms with Crippen molar-refractivity contribution in [1.29, 1.82) is 0 Å². The van der Waals surface area contributed by atoms with E-state index in [-0.39, 0.29) is 12.0 Å². The summed E-state index contributed by atoms with van der Waals surface area (Å²) in [5.41, 5.74) is 1.32. The van der Waals surface area contributed by atoms with Gasteiger partial charge in [0.25, 0.3) is 5.91 Å². The number of aryl methyl sites for hydroxylation is 1. The Balaban J connectivity index is 2.20. The van der Waals surface area contributed by atoms with Gasteiger partial charge in [0.1, 0.15) is 10.8 Å². The standard InChI is InChI=1S/C20H24ClNO4S/c1-6-16-13(5)27-19(17(16)20(24)25-11(2)3)22-18(23)12(4)26-15-9-7-8-14(21)10-15/h7-12H,6H2,1-5H3,(H,22,23). The maximum Gasteiger partial charge on any atom is 0.341 e. The zero-order valence-corrected chi connectivity index (χ0v) is 17.7. The number of anilines is 1. The van der Waals surface area contributed by atoms with E-state index in [1.54, 1.807) is 45.0 Å². The number of ether oxygens (including phenoxy) is 2. The number of thiophene rings is 1. The molecule has 0 aliphatic heterocycles. The third-order valence-electron chi connectivity index (χ3n) is 3.82. The average molecular weight is 410 g/mol. The van der Waals surface area contributed by atoms with Crippen molar-refractivity contribution in [3.8, 4) is 5.75 Å². The Labute approximate surface area is 168 Å². The molecule has 0 fully saturated rings. The zero-order valence-electron chi connectivity index (χ0n) is 16.1. The first kappa shape index (κ1) is 21.3. The van der Waals surface area contributed by atoms with Crippen molar-refractivity contribution >= 4 is 39.8 Å². The first-order valence-electron chi connectivity index (χ1n) is 8.79. The van der Waals surface area contributed by atoms with E-state index >= 15 is 0 Å². The van der Waals surface area contributed by atoms with Gasteiger partial charge in [0.2, 0.25) is 0 Å². The third-order valence-corrected chi connectivity index (χ3v) is 5.12. The first-order chi connectivity index (χ1) is 12.7. The van der Waals surface area contributed by atoms with Crippen LogP contribution in [0.15, 0.2) is 24.3 Å². The molecule has 0 radical (unpaired) electrons. The molecule has 1 aromatic heterocycles. The van der Waals surface area contributed by atoms with Crippen LogP contribution in [0.2, 0.25) is 5.02 Å². The van der Waals surface area contributed by atoms with Gasteiger partial charge in [0.05, 0.1) is 11.7 Å². The molecule has 1 heterocycles. The van der Waals surface area contributed by atoms with Crippen LogP contribution in [0.3, 0.4) is 0 Å². The number of carbonyl (C=O) groups is 2. The molecule has 1 aromatic carbocycles. The molecular weight excluding hydrogens is 386 g/mol. The van der Waals surface area contributed by atoms with Crippen molar-refractivity contribution in [2.75, 3.05) is 5.32 Å². The highest BCUT2D eigenvalue weighted by atomic mass is 35.5. The molecule has 2 aromatic rings. The summed E-state index contributed by atoms with van der Waals surface area (Å²) in [6.45, 7) is 9.13. The fraction of sp³-hybridized carbons (Fsp3) is 0.400. The van der Waals surface area contributed by atoms with Crippen molar-refractivity contribution in [2.45, 2.75) is 53.2 Å². The van der Waals surface area contributed by atoms with Gasteiger partial charge >= 0.3 is 5.97 Å². The van der Waals surface area contributed by atoms with Gasteiger partial charge in [-0.2, -0.15) is 0 Å². The Morgan fingerprint density at radius 3 is 2.56 bits per heavy atom. The van der Waals surface area contributed by atoms with E-state index in [2.05, 4.69) is 5.32 Å². The minimum absolute atomic E-state index is 0.240. The number of benzene rings is 1. The molecule has 1 amide bonds. The molecule has 1 atom stereocenters. The lowest BCUT2D eigenvalue weighted by Crippen LogP contribution is -2.30. The van der Waals surface area contributed by atoms with Gasteiger partial charge in [-0.05, 0) is 57.9 Å². The van der Waals surface area contributed by atoms with E-state index in [9.17, 15) is 9.59 Å². The van der Waals surface area contributed by atoms with Gasteiger partial charge in [-0.3, -0.25) is 4.79 Å². The highest BCUT2D eigenvalue weighted by Crippen LogP contribution is 2.34. The van der Waals surface area contributed by atoms with E-state index in [0.29, 0.717) is 27.8 Å². The minimum Gasteiger partial charge on any atom is -0.481 e. The lowest BCUT2D eigenvalue weighted by atomic mass is 10.1. The first-order valence-corrected chi connectivity index (χ1v) is 9.98. The van der Waals surface area contributed by atoms with E-state index in [4.69, 9.17) is 21.1 Å². The van der Waals surface area contributed by atoms with Crippen LogP contribution in [0.5, 0.6) is 5.75 Å². The SMILES string of the molecule is CCc1c(C)sc(NC(=O)C(C)Oc2cccc(Cl)c2)c1C(=O)OC(C)C. The molecule has 5 nitrogen and oxygen atoms in total. The van der Waals surface area contributed by atoms with Crippen molar-refractivity contribution in [1.82, 2.24) is 0 Å². The van der Waals surface area contributed by atoms with E-state index in [1.165, 1.54) is 11.3 Å². The highest BCUT2D eigenvalue weighted by Gasteiger charge is 2.26. The monoisotopic (exact) mass is 409 g/mol. The Hall–Kier alpha value is -2.05. The van der Waals surface area contributed by atoms with Crippen molar-refractivity contribution < 1.29 is 19.1 Å². The van der Waals surface area contributed by atoms with E-state index in [0.717, 1.165) is 10.4 Å². The van der Waals surface area contributed by atoms with Crippen LogP contribution in [0.4, 0.5) is 5.00 Å². The number of nitrogens with one attached hydrogen (secondary N) is 1. The number of halogens is 1. The summed E-state index contributed by atoms with van der Waals surface area (Å²) in [4.78, 5) is 26.1. The van der Waals surface area contributed by atoms with Gasteiger partial charge in [0.15, 0.2) is 6.10 Å². The Kier molecular flexibility index (Phi) is 7.27. The molecule has 0 saturated heterocycles. The molecule has 0 bridgehead atoms. The molecule has 27 heavy (non-hydrogen) atoms. The summed E-state index contributed by atoms with van der Waals surface area (Å²) in [5, 5.41) is 3.83. The largest absolute Gasteiger partial charge is 0.481 e. The minimum atomic E-state index is -0.759. The zero-order chi connectivity index (χ0) is 20.1. The van der Waals surface area contributed by atoms with Gasteiger partial charge in [-0.25, -0.2) is 4.79 Å². The highest BCUT2D eigenvalue weighted by molar-refractivity contribution is 7.16. The number of amides is 1. The topological polar surface area (TPSA) is 64.6 Å². The Morgan fingerprint density at radius 2 is 1.96 bits per heavy atom. The molecular formula is C20H24ClNO4S. The second-order valence-corrected chi connectivity index (χ2v) is 8.02. The number of hydrogen-bond acceptors (Lipinski definition) is 5. The summed E-state index contributed by atoms with van der Waals surface area (Å²) in [6.07, 6.45) is -0.323. The molecule has 2 rings (SSSR count). The fourth-order valence-corrected chi connectivity index (χ4v) is 3.91. The van der Waals surface area contributed by atoms with Crippen LogP contribution < -0.4 is 10.1 Å². The number of esters is 1. The predicted molar refractivity (Wildman–Crippen MR) is 109 cm³/mol. The molecule has 1 N–H and O–H groups in total. The predicted octanol–water partition coefficient (Wildman–Crippen LogP) is 5.24. The van der Waals surface area contributed by atoms with Gasteiger partial charge in [-0.15, -0.1) is 11.3 Å². The Bertz CT molecular complexity index is 831. The number of hydrogen-bond donors (Lipinski definition) is 1. The van der Waals surface area contributed by atoms with Crippen molar-refractivity contribution in [3.63, 3.8) is 0 Å². The number of rotatable bonds is 7. The van der Waals surface area contributed by atoms with Gasteiger partial charge in [0, 0.05) is 9.90 Å². The lowest BCUT2D eigenvalue weighted by Gasteiger charge is -2.15. The fourth-order valence-electron chi connectivity index (χ4n) is 2.59. The second-order valence-electron chi connectivity index (χ2n) is 6.36. The quantitative estimate of drug-likeness (QED) is 0.635. The van der Waals surface area contributed by atoms with Crippen LogP contribution in [0, 0.1) is 6.92 Å². The molecule has 146 valence electrons. The summed E-state index contributed by atoms with van der Waals surface area (Å²) in [5.74, 6) is -0.274. The van der Waals surface area contributed by atoms with Crippen molar-refractivity contribution in [3.05, 3.63) is 45.3 Å². The van der Waals surface area contributed by atoms with E-state index in [1.807, 2.05) is 13.8 Å². The van der Waals surface area contributed by atoms with Gasteiger partial charge in [-0.1, -0.05) is 24.6 Å². The normalized spacial score (nSPS) is 12.0. The van der Waals surface area contributed by atoms with Crippen LogP contribution in [-0.4, -0.2) is 24.1 Å². The Morgan fingerprint density at radius 1 is 1.26 bits per heavy atom. The summed E-state index contributed by atoms with van der Waals surface area (Å²) >= 11 is 7.31. The molecule has 1 unspecified atom stereocenters. The molecule has 0 saturated carbocycles. The summed E-state index contributed by atoms with van der Waals surface area (Å²) < 4.78 is 11.0. The number of carbonyl (C=O) groups excluding carboxylic acids is 2. The summed E-state index contributed by atoms with van der Waals surface area (Å²) in [6, 6.07) is 6.84. The smallest absolute Gasteiger partial charge is 0.341 e. The average Bonchev–Trinajstić information content (AvgIpc) is 2.89. The third kappa shape index (κ3) is 5.47. The van der Waals surface area contributed by atoms with Crippen LogP contribution >= 0.6 is 22.9 Å². The summed E-state index contributed by atoms with van der Waals surface area (Å²) in [7, 11) is 0. The van der Waals surface area contributed by atoms with Crippen molar-refractivity contribution in [2.24, 2.45) is 0 Å². The lowest BCUT2D eigenvalue weighted by molar-refractivity contribution is -0.122. The van der Waals surface area contributed by atoms with Crippen LogP contribution in [0.1, 0.15) is 48.5 Å². The molecule has 7 heteroatoms. The molecule has 0 aliphatic carbocycles. The van der Waals surface area contributed by atoms with E-state index < -0.39 is 12.1 Å². The van der Waals surface area contributed by atoms with Crippen LogP contribution in [-0.2, 0) is 16.0 Å². The molecule has 0 aliphatic rings. The van der Waals surface area contributed by atoms with Gasteiger partial charge < -0.3 is 14.8 Å². The maximum absolute atomic E-state index is 12.6. The second kappa shape index (κ2) is 9.24. The van der Waals surface area contributed by atoms with Crippen LogP contribution in [0.25, 0.3) is 0 Å².